The Hall–Kier alpha value is -2.61. The van der Waals surface area contributed by atoms with Crippen molar-refractivity contribution < 1.29 is 4.79 Å². The summed E-state index contributed by atoms with van der Waals surface area (Å²) in [4.78, 5) is 27.2. The molecular formula is C12H10N6OS. The average Bonchev–Trinajstić information content (AvgIpc) is 2.90. The number of H-pyrrole nitrogens is 1. The molecule has 2 heterocycles. The van der Waals surface area contributed by atoms with Gasteiger partial charge in [0, 0.05) is 16.1 Å². The Morgan fingerprint density at radius 2 is 2.10 bits per heavy atom. The molecule has 3 rings (SSSR count). The highest BCUT2D eigenvalue weighted by molar-refractivity contribution is 7.99. The molecule has 100 valence electrons. The number of hydrogen-bond donors (Lipinski definition) is 3. The van der Waals surface area contributed by atoms with Crippen LogP contribution in [0, 0.1) is 0 Å². The van der Waals surface area contributed by atoms with E-state index in [1.165, 1.54) is 18.1 Å². The number of amides is 1. The Morgan fingerprint density at radius 1 is 1.25 bits per heavy atom. The highest BCUT2D eigenvalue weighted by atomic mass is 32.2. The first-order valence-electron chi connectivity index (χ1n) is 5.66. The van der Waals surface area contributed by atoms with E-state index >= 15 is 0 Å². The SMILES string of the molecule is NC(=O)c1ccc(N)c(Sc2ncnc3nc[nH]c23)c1. The van der Waals surface area contributed by atoms with Crippen LogP contribution >= 0.6 is 11.8 Å². The number of imidazole rings is 1. The van der Waals surface area contributed by atoms with Crippen LogP contribution in [-0.4, -0.2) is 25.8 Å². The van der Waals surface area contributed by atoms with E-state index in [-0.39, 0.29) is 0 Å². The van der Waals surface area contributed by atoms with Gasteiger partial charge in [-0.1, -0.05) is 11.8 Å². The number of hydrogen-bond acceptors (Lipinski definition) is 6. The van der Waals surface area contributed by atoms with Crippen molar-refractivity contribution in [2.24, 2.45) is 5.73 Å². The zero-order chi connectivity index (χ0) is 14.1. The first-order chi connectivity index (χ1) is 9.65. The fourth-order valence-corrected chi connectivity index (χ4v) is 2.63. The number of benzene rings is 1. The van der Waals surface area contributed by atoms with Crippen LogP contribution in [0.3, 0.4) is 0 Å². The summed E-state index contributed by atoms with van der Waals surface area (Å²) >= 11 is 1.32. The highest BCUT2D eigenvalue weighted by Crippen LogP contribution is 2.33. The lowest BCUT2D eigenvalue weighted by molar-refractivity contribution is 0.1000. The number of fused-ring (bicyclic) bond motifs is 1. The topological polar surface area (TPSA) is 124 Å². The van der Waals surface area contributed by atoms with E-state index in [4.69, 9.17) is 11.5 Å². The van der Waals surface area contributed by atoms with Gasteiger partial charge in [0.2, 0.25) is 5.91 Å². The molecular weight excluding hydrogens is 276 g/mol. The van der Waals surface area contributed by atoms with Gasteiger partial charge in [0.05, 0.1) is 6.33 Å². The number of carbonyl (C=O) groups excluding carboxylic acids is 1. The van der Waals surface area contributed by atoms with Crippen LogP contribution in [0.5, 0.6) is 0 Å². The highest BCUT2D eigenvalue weighted by Gasteiger charge is 2.11. The van der Waals surface area contributed by atoms with E-state index in [1.54, 1.807) is 24.5 Å². The molecule has 0 spiro atoms. The van der Waals surface area contributed by atoms with Crippen molar-refractivity contribution >= 4 is 34.5 Å². The van der Waals surface area contributed by atoms with Gasteiger partial charge in [0.25, 0.3) is 0 Å². The van der Waals surface area contributed by atoms with Gasteiger partial charge in [-0.2, -0.15) is 0 Å². The van der Waals surface area contributed by atoms with Crippen LogP contribution < -0.4 is 11.5 Å². The molecule has 7 nitrogen and oxygen atoms in total. The minimum atomic E-state index is -0.499. The molecule has 2 aromatic heterocycles. The molecule has 0 unspecified atom stereocenters. The molecule has 0 aliphatic rings. The van der Waals surface area contributed by atoms with Crippen molar-refractivity contribution in [1.29, 1.82) is 0 Å². The first kappa shape index (κ1) is 12.4. The summed E-state index contributed by atoms with van der Waals surface area (Å²) in [7, 11) is 0. The van der Waals surface area contributed by atoms with Crippen molar-refractivity contribution in [3.05, 3.63) is 36.4 Å². The molecule has 8 heteroatoms. The number of anilines is 1. The summed E-state index contributed by atoms with van der Waals surface area (Å²) in [5.41, 5.74) is 13.4. The number of carbonyl (C=O) groups is 1. The number of nitrogen functional groups attached to an aromatic ring is 1. The number of nitrogens with one attached hydrogen (secondary N) is 1. The molecule has 3 aromatic rings. The number of nitrogens with two attached hydrogens (primary N) is 2. The van der Waals surface area contributed by atoms with Gasteiger partial charge < -0.3 is 16.5 Å². The van der Waals surface area contributed by atoms with E-state index in [0.29, 0.717) is 26.8 Å². The van der Waals surface area contributed by atoms with Crippen molar-refractivity contribution in [3.8, 4) is 0 Å². The Kier molecular flexibility index (Phi) is 2.99. The number of aromatic nitrogens is 4. The maximum absolute atomic E-state index is 11.2. The van der Waals surface area contributed by atoms with Gasteiger partial charge in [-0.3, -0.25) is 4.79 Å². The summed E-state index contributed by atoms with van der Waals surface area (Å²) in [6, 6.07) is 4.88. The number of primary amides is 1. The molecule has 0 aliphatic carbocycles. The smallest absolute Gasteiger partial charge is 0.248 e. The molecule has 5 N–H and O–H groups in total. The molecule has 0 saturated heterocycles. The lowest BCUT2D eigenvalue weighted by atomic mass is 10.2. The van der Waals surface area contributed by atoms with Gasteiger partial charge in [0.1, 0.15) is 16.9 Å². The molecule has 0 saturated carbocycles. The minimum Gasteiger partial charge on any atom is -0.398 e. The predicted octanol–water partition coefficient (Wildman–Crippen LogP) is 1.19. The Balaban J connectivity index is 2.04. The number of nitrogens with zero attached hydrogens (tertiary/aromatic N) is 3. The van der Waals surface area contributed by atoms with Crippen molar-refractivity contribution in [2.75, 3.05) is 5.73 Å². The van der Waals surface area contributed by atoms with Crippen LogP contribution in [-0.2, 0) is 0 Å². The Morgan fingerprint density at radius 3 is 2.90 bits per heavy atom. The monoisotopic (exact) mass is 286 g/mol. The molecule has 0 bridgehead atoms. The van der Waals surface area contributed by atoms with Gasteiger partial charge in [-0.25, -0.2) is 15.0 Å². The van der Waals surface area contributed by atoms with E-state index in [2.05, 4.69) is 19.9 Å². The third kappa shape index (κ3) is 2.16. The van der Waals surface area contributed by atoms with Crippen LogP contribution in [0.1, 0.15) is 10.4 Å². The normalized spacial score (nSPS) is 10.8. The summed E-state index contributed by atoms with van der Waals surface area (Å²) in [6.07, 6.45) is 2.98. The van der Waals surface area contributed by atoms with Gasteiger partial charge in [-0.15, -0.1) is 0 Å². The van der Waals surface area contributed by atoms with E-state index in [9.17, 15) is 4.79 Å². The van der Waals surface area contributed by atoms with Gasteiger partial charge in [-0.05, 0) is 18.2 Å². The second kappa shape index (κ2) is 4.82. The maximum Gasteiger partial charge on any atom is 0.248 e. The lowest BCUT2D eigenvalue weighted by Gasteiger charge is -2.06. The van der Waals surface area contributed by atoms with E-state index in [1.807, 2.05) is 0 Å². The Bertz CT molecular complexity index is 799. The van der Waals surface area contributed by atoms with Crippen molar-refractivity contribution in [2.45, 2.75) is 9.92 Å². The fourth-order valence-electron chi connectivity index (χ4n) is 1.70. The second-order valence-corrected chi connectivity index (χ2v) is 5.03. The van der Waals surface area contributed by atoms with Crippen molar-refractivity contribution in [1.82, 2.24) is 19.9 Å². The lowest BCUT2D eigenvalue weighted by Crippen LogP contribution is -2.11. The first-order valence-corrected chi connectivity index (χ1v) is 6.48. The fraction of sp³-hybridized carbons (Fsp3) is 0. The van der Waals surface area contributed by atoms with Crippen LogP contribution in [0.4, 0.5) is 5.69 Å². The zero-order valence-electron chi connectivity index (χ0n) is 10.2. The zero-order valence-corrected chi connectivity index (χ0v) is 11.0. The predicted molar refractivity (Wildman–Crippen MR) is 75.2 cm³/mol. The molecule has 1 aromatic carbocycles. The van der Waals surface area contributed by atoms with Gasteiger partial charge in [0.15, 0.2) is 5.65 Å². The van der Waals surface area contributed by atoms with Crippen LogP contribution in [0.15, 0.2) is 40.8 Å². The largest absolute Gasteiger partial charge is 0.398 e. The summed E-state index contributed by atoms with van der Waals surface area (Å²) < 4.78 is 0. The molecule has 0 atom stereocenters. The summed E-state index contributed by atoms with van der Waals surface area (Å²) in [6.45, 7) is 0. The van der Waals surface area contributed by atoms with E-state index < -0.39 is 5.91 Å². The molecule has 20 heavy (non-hydrogen) atoms. The summed E-state index contributed by atoms with van der Waals surface area (Å²) in [5, 5.41) is 0.681. The van der Waals surface area contributed by atoms with Crippen LogP contribution in [0.2, 0.25) is 0 Å². The molecule has 0 aliphatic heterocycles. The van der Waals surface area contributed by atoms with Crippen LogP contribution in [0.25, 0.3) is 11.2 Å². The maximum atomic E-state index is 11.2. The molecule has 0 fully saturated rings. The molecule has 1 amide bonds. The summed E-state index contributed by atoms with van der Waals surface area (Å²) in [5.74, 6) is -0.499. The van der Waals surface area contributed by atoms with Gasteiger partial charge >= 0.3 is 0 Å². The number of aromatic amines is 1. The third-order valence-corrected chi connectivity index (χ3v) is 3.77. The quantitative estimate of drug-likeness (QED) is 0.490. The van der Waals surface area contributed by atoms with Crippen molar-refractivity contribution in [3.63, 3.8) is 0 Å². The Labute approximate surface area is 117 Å². The third-order valence-electron chi connectivity index (χ3n) is 2.69. The van der Waals surface area contributed by atoms with E-state index in [0.717, 1.165) is 5.52 Å². The molecule has 0 radical (unpaired) electrons. The second-order valence-electron chi connectivity index (χ2n) is 4.00. The minimum absolute atomic E-state index is 0.400. The number of rotatable bonds is 3. The average molecular weight is 286 g/mol. The standard InChI is InChI=1S/C12H10N6OS/c13-7-2-1-6(10(14)19)3-8(7)20-12-9-11(16-4-15-9)17-5-18-12/h1-5H,13H2,(H2,14,19)(H,15,16,17,18).